The SMILES string of the molecule is CCOC(=O)N1CCC(C(=O)Nc2ccc3c(c2)c2ccccc2n3CC)CC1. The summed E-state index contributed by atoms with van der Waals surface area (Å²) in [5.41, 5.74) is 3.20. The van der Waals surface area contributed by atoms with Gasteiger partial charge in [0.1, 0.15) is 0 Å². The van der Waals surface area contributed by atoms with Gasteiger partial charge in [0.15, 0.2) is 0 Å². The van der Waals surface area contributed by atoms with Gasteiger partial charge >= 0.3 is 6.09 Å². The molecule has 2 aromatic carbocycles. The third-order valence-electron chi connectivity index (χ3n) is 5.75. The fourth-order valence-corrected chi connectivity index (χ4v) is 4.26. The molecule has 1 fully saturated rings. The Morgan fingerprint density at radius 1 is 1.03 bits per heavy atom. The predicted molar refractivity (Wildman–Crippen MR) is 115 cm³/mol. The standard InChI is InChI=1S/C23H27N3O3/c1-3-26-20-8-6-5-7-18(20)19-15-17(9-10-21(19)26)24-22(27)16-11-13-25(14-12-16)23(28)29-4-2/h5-10,15-16H,3-4,11-14H2,1-2H3,(H,24,27). The van der Waals surface area contributed by atoms with Crippen molar-refractivity contribution in [1.29, 1.82) is 0 Å². The van der Waals surface area contributed by atoms with E-state index in [1.54, 1.807) is 11.8 Å². The van der Waals surface area contributed by atoms with Crippen molar-refractivity contribution in [3.63, 3.8) is 0 Å². The highest BCUT2D eigenvalue weighted by Gasteiger charge is 2.28. The van der Waals surface area contributed by atoms with Crippen LogP contribution in [-0.4, -0.2) is 41.2 Å². The van der Waals surface area contributed by atoms with Crippen molar-refractivity contribution in [1.82, 2.24) is 9.47 Å². The molecule has 0 spiro atoms. The molecule has 1 N–H and O–H groups in total. The number of hydrogen-bond acceptors (Lipinski definition) is 3. The number of carbonyl (C=O) groups excluding carboxylic acids is 2. The first kappa shape index (κ1) is 19.3. The van der Waals surface area contributed by atoms with Crippen LogP contribution < -0.4 is 5.32 Å². The molecule has 1 saturated heterocycles. The Kier molecular flexibility index (Phi) is 5.43. The van der Waals surface area contributed by atoms with E-state index in [0.29, 0.717) is 32.5 Å². The maximum absolute atomic E-state index is 12.8. The first-order valence-electron chi connectivity index (χ1n) is 10.4. The van der Waals surface area contributed by atoms with Crippen molar-refractivity contribution in [3.05, 3.63) is 42.5 Å². The minimum atomic E-state index is -0.288. The highest BCUT2D eigenvalue weighted by atomic mass is 16.6. The molecule has 0 atom stereocenters. The quantitative estimate of drug-likeness (QED) is 0.703. The van der Waals surface area contributed by atoms with E-state index in [9.17, 15) is 9.59 Å². The lowest BCUT2D eigenvalue weighted by Crippen LogP contribution is -2.41. The Hall–Kier alpha value is -3.02. The smallest absolute Gasteiger partial charge is 0.409 e. The fraction of sp³-hybridized carbons (Fsp3) is 0.391. The van der Waals surface area contributed by atoms with Gasteiger partial charge in [-0.25, -0.2) is 4.79 Å². The monoisotopic (exact) mass is 393 g/mol. The first-order chi connectivity index (χ1) is 14.1. The van der Waals surface area contributed by atoms with Crippen LogP contribution in [0.5, 0.6) is 0 Å². The molecule has 1 aliphatic heterocycles. The molecule has 0 unspecified atom stereocenters. The number of aryl methyl sites for hydroxylation is 1. The van der Waals surface area contributed by atoms with Crippen molar-refractivity contribution in [2.45, 2.75) is 33.2 Å². The molecule has 0 bridgehead atoms. The number of aromatic nitrogens is 1. The lowest BCUT2D eigenvalue weighted by atomic mass is 9.96. The zero-order valence-corrected chi connectivity index (χ0v) is 17.0. The normalized spacial score (nSPS) is 15.0. The Morgan fingerprint density at radius 2 is 1.76 bits per heavy atom. The number of amides is 2. The van der Waals surface area contributed by atoms with Crippen LogP contribution in [0.2, 0.25) is 0 Å². The number of benzene rings is 2. The highest BCUT2D eigenvalue weighted by Crippen LogP contribution is 2.31. The second-order valence-corrected chi connectivity index (χ2v) is 7.44. The molecule has 152 valence electrons. The second kappa shape index (κ2) is 8.15. The van der Waals surface area contributed by atoms with Gasteiger partial charge in [-0.3, -0.25) is 4.79 Å². The fourth-order valence-electron chi connectivity index (χ4n) is 4.26. The summed E-state index contributed by atoms with van der Waals surface area (Å²) in [6.07, 6.45) is 1.02. The van der Waals surface area contributed by atoms with Crippen LogP contribution >= 0.6 is 0 Å². The van der Waals surface area contributed by atoms with E-state index in [1.807, 2.05) is 12.1 Å². The summed E-state index contributed by atoms with van der Waals surface area (Å²) in [5, 5.41) is 5.43. The molecule has 0 radical (unpaired) electrons. The zero-order chi connectivity index (χ0) is 20.4. The van der Waals surface area contributed by atoms with E-state index in [2.05, 4.69) is 47.1 Å². The van der Waals surface area contributed by atoms with Crippen LogP contribution in [0.4, 0.5) is 10.5 Å². The van der Waals surface area contributed by atoms with Crippen LogP contribution in [0.15, 0.2) is 42.5 Å². The largest absolute Gasteiger partial charge is 0.450 e. The maximum atomic E-state index is 12.8. The van der Waals surface area contributed by atoms with Gasteiger partial charge in [-0.05, 0) is 51.0 Å². The minimum Gasteiger partial charge on any atom is -0.450 e. The van der Waals surface area contributed by atoms with Gasteiger partial charge < -0.3 is 19.5 Å². The number of likely N-dealkylation sites (tertiary alicyclic amines) is 1. The Labute approximate surface area is 170 Å². The summed E-state index contributed by atoms with van der Waals surface area (Å²) in [6, 6.07) is 14.5. The van der Waals surface area contributed by atoms with Crippen molar-refractivity contribution < 1.29 is 14.3 Å². The molecule has 0 aliphatic carbocycles. The number of fused-ring (bicyclic) bond motifs is 3. The number of ether oxygens (including phenoxy) is 1. The van der Waals surface area contributed by atoms with Crippen molar-refractivity contribution in [2.75, 3.05) is 25.0 Å². The van der Waals surface area contributed by atoms with Crippen LogP contribution in [0, 0.1) is 5.92 Å². The van der Waals surface area contributed by atoms with Gasteiger partial charge in [0.25, 0.3) is 0 Å². The van der Waals surface area contributed by atoms with Gasteiger partial charge in [0.2, 0.25) is 5.91 Å². The number of para-hydroxylation sites is 1. The average molecular weight is 393 g/mol. The highest BCUT2D eigenvalue weighted by molar-refractivity contribution is 6.09. The molecule has 0 saturated carbocycles. The Morgan fingerprint density at radius 3 is 2.48 bits per heavy atom. The van der Waals surface area contributed by atoms with Gasteiger partial charge in [-0.1, -0.05) is 18.2 Å². The molecule has 6 nitrogen and oxygen atoms in total. The third kappa shape index (κ3) is 3.67. The molecule has 3 aromatic rings. The van der Waals surface area contributed by atoms with Crippen molar-refractivity contribution in [2.24, 2.45) is 5.92 Å². The van der Waals surface area contributed by atoms with Gasteiger partial charge in [-0.15, -0.1) is 0 Å². The number of carbonyl (C=O) groups is 2. The number of nitrogens with zero attached hydrogens (tertiary/aromatic N) is 2. The van der Waals surface area contributed by atoms with Gasteiger partial charge in [-0.2, -0.15) is 0 Å². The Balaban J connectivity index is 1.49. The number of anilines is 1. The summed E-state index contributed by atoms with van der Waals surface area (Å²) in [7, 11) is 0. The lowest BCUT2D eigenvalue weighted by molar-refractivity contribution is -0.121. The zero-order valence-electron chi connectivity index (χ0n) is 17.0. The summed E-state index contributed by atoms with van der Waals surface area (Å²) in [4.78, 5) is 26.3. The summed E-state index contributed by atoms with van der Waals surface area (Å²) in [6.45, 7) is 6.32. The third-order valence-corrected chi connectivity index (χ3v) is 5.75. The molecule has 1 aliphatic rings. The number of hydrogen-bond donors (Lipinski definition) is 1. The molecular formula is C23H27N3O3. The molecule has 1 aromatic heterocycles. The predicted octanol–water partition coefficient (Wildman–Crippen LogP) is 4.62. The maximum Gasteiger partial charge on any atom is 0.409 e. The number of rotatable bonds is 4. The number of nitrogens with one attached hydrogen (secondary N) is 1. The van der Waals surface area contributed by atoms with Crippen LogP contribution in [0.3, 0.4) is 0 Å². The second-order valence-electron chi connectivity index (χ2n) is 7.44. The molecule has 6 heteroatoms. The molecule has 29 heavy (non-hydrogen) atoms. The van der Waals surface area contributed by atoms with Gasteiger partial charge in [0.05, 0.1) is 6.61 Å². The molecular weight excluding hydrogens is 366 g/mol. The van der Waals surface area contributed by atoms with E-state index in [4.69, 9.17) is 4.74 Å². The molecule has 2 amide bonds. The van der Waals surface area contributed by atoms with Crippen molar-refractivity contribution >= 4 is 39.5 Å². The lowest BCUT2D eigenvalue weighted by Gasteiger charge is -2.30. The van der Waals surface area contributed by atoms with E-state index < -0.39 is 0 Å². The summed E-state index contributed by atoms with van der Waals surface area (Å²) < 4.78 is 7.34. The molecule has 2 heterocycles. The van der Waals surface area contributed by atoms with Crippen LogP contribution in [0.25, 0.3) is 21.8 Å². The topological polar surface area (TPSA) is 63.6 Å². The van der Waals surface area contributed by atoms with E-state index in [0.717, 1.165) is 17.6 Å². The minimum absolute atomic E-state index is 0.0205. The summed E-state index contributed by atoms with van der Waals surface area (Å²) in [5.74, 6) is -0.0690. The average Bonchev–Trinajstić information content (AvgIpc) is 3.07. The van der Waals surface area contributed by atoms with E-state index in [-0.39, 0.29) is 17.9 Å². The number of piperidine rings is 1. The van der Waals surface area contributed by atoms with Gasteiger partial charge in [0, 0.05) is 53.0 Å². The van der Waals surface area contributed by atoms with E-state index >= 15 is 0 Å². The van der Waals surface area contributed by atoms with E-state index in [1.165, 1.54) is 16.4 Å². The van der Waals surface area contributed by atoms with Crippen LogP contribution in [0.1, 0.15) is 26.7 Å². The van der Waals surface area contributed by atoms with Crippen molar-refractivity contribution in [3.8, 4) is 0 Å². The first-order valence-corrected chi connectivity index (χ1v) is 10.4. The summed E-state index contributed by atoms with van der Waals surface area (Å²) >= 11 is 0. The molecule has 4 rings (SSSR count). The Bertz CT molecular complexity index is 1050. The van der Waals surface area contributed by atoms with Crippen LogP contribution in [-0.2, 0) is 16.1 Å².